The molecule has 2 N–H and O–H groups in total. The highest BCUT2D eigenvalue weighted by Gasteiger charge is 2.48. The van der Waals surface area contributed by atoms with E-state index in [9.17, 15) is 15.0 Å². The summed E-state index contributed by atoms with van der Waals surface area (Å²) in [7, 11) is 1.63. The number of para-hydroxylation sites is 1. The Morgan fingerprint density at radius 1 is 1.44 bits per heavy atom. The monoisotopic (exact) mass is 221 g/mol. The molecule has 0 spiro atoms. The molecule has 1 aliphatic heterocycles. The van der Waals surface area contributed by atoms with Gasteiger partial charge < -0.3 is 15.1 Å². The van der Waals surface area contributed by atoms with Gasteiger partial charge in [-0.25, -0.2) is 0 Å². The number of aliphatic hydroxyl groups is 2. The normalized spacial score (nSPS) is 25.8. The van der Waals surface area contributed by atoms with Crippen molar-refractivity contribution in [2.45, 2.75) is 25.0 Å². The Labute approximate surface area is 94.1 Å². The van der Waals surface area contributed by atoms with E-state index in [0.717, 1.165) is 0 Å². The summed E-state index contributed by atoms with van der Waals surface area (Å²) in [6, 6.07) is 7.10. The molecule has 0 fully saturated rings. The van der Waals surface area contributed by atoms with Crippen LogP contribution in [0.15, 0.2) is 24.3 Å². The lowest BCUT2D eigenvalue weighted by Gasteiger charge is -2.23. The predicted octanol–water partition coefficient (Wildman–Crippen LogP) is 0.621. The van der Waals surface area contributed by atoms with Gasteiger partial charge in [-0.2, -0.15) is 0 Å². The van der Waals surface area contributed by atoms with Gasteiger partial charge in [-0.3, -0.25) is 4.79 Å². The van der Waals surface area contributed by atoms with Gasteiger partial charge in [-0.15, -0.1) is 0 Å². The van der Waals surface area contributed by atoms with E-state index in [1.807, 2.05) is 6.07 Å². The number of carbonyl (C=O) groups is 1. The van der Waals surface area contributed by atoms with Crippen molar-refractivity contribution in [3.63, 3.8) is 0 Å². The number of hydrogen-bond acceptors (Lipinski definition) is 3. The lowest BCUT2D eigenvalue weighted by atomic mass is 9.90. The number of fused-ring (bicyclic) bond motifs is 1. The zero-order valence-electron chi connectivity index (χ0n) is 9.34. The molecule has 86 valence electrons. The Morgan fingerprint density at radius 3 is 2.69 bits per heavy atom. The van der Waals surface area contributed by atoms with Gasteiger partial charge in [0.25, 0.3) is 5.91 Å². The summed E-state index contributed by atoms with van der Waals surface area (Å²) in [4.78, 5) is 13.4. The zero-order valence-corrected chi connectivity index (χ0v) is 9.34. The molecule has 1 amide bonds. The topological polar surface area (TPSA) is 60.8 Å². The first kappa shape index (κ1) is 11.1. The number of rotatable bonds is 2. The fraction of sp³-hybridized carbons (Fsp3) is 0.417. The van der Waals surface area contributed by atoms with E-state index in [1.165, 1.54) is 4.90 Å². The molecular weight excluding hydrogens is 206 g/mol. The van der Waals surface area contributed by atoms with Gasteiger partial charge in [0.2, 0.25) is 0 Å². The smallest absolute Gasteiger partial charge is 0.263 e. The zero-order chi connectivity index (χ0) is 11.9. The number of amides is 1. The average Bonchev–Trinajstić information content (AvgIpc) is 2.42. The molecule has 1 aromatic rings. The van der Waals surface area contributed by atoms with Crippen molar-refractivity contribution in [1.29, 1.82) is 0 Å². The minimum absolute atomic E-state index is 0.0210. The third-order valence-corrected chi connectivity index (χ3v) is 2.96. The lowest BCUT2D eigenvalue weighted by molar-refractivity contribution is -0.138. The third-order valence-electron chi connectivity index (χ3n) is 2.96. The molecule has 0 saturated carbocycles. The van der Waals surface area contributed by atoms with Gasteiger partial charge in [0.1, 0.15) is 0 Å². The highest BCUT2D eigenvalue weighted by molar-refractivity contribution is 6.06. The van der Waals surface area contributed by atoms with E-state index in [0.29, 0.717) is 11.3 Å². The van der Waals surface area contributed by atoms with Crippen LogP contribution in [0, 0.1) is 0 Å². The maximum absolute atomic E-state index is 12.0. The number of benzene rings is 1. The fourth-order valence-corrected chi connectivity index (χ4v) is 2.24. The van der Waals surface area contributed by atoms with Crippen LogP contribution < -0.4 is 4.90 Å². The van der Waals surface area contributed by atoms with Crippen molar-refractivity contribution >= 4 is 11.6 Å². The van der Waals surface area contributed by atoms with E-state index in [-0.39, 0.29) is 12.3 Å². The first-order valence-electron chi connectivity index (χ1n) is 5.25. The molecule has 16 heavy (non-hydrogen) atoms. The SMILES string of the molecule is CC(O)CC1(O)C(=O)N(C)c2ccccc21. The number of hydrogen-bond donors (Lipinski definition) is 2. The maximum Gasteiger partial charge on any atom is 0.263 e. The Morgan fingerprint density at radius 2 is 2.06 bits per heavy atom. The van der Waals surface area contributed by atoms with Crippen LogP contribution in [0.1, 0.15) is 18.9 Å². The summed E-state index contributed by atoms with van der Waals surface area (Å²) in [6.07, 6.45) is -0.707. The molecule has 0 aromatic heterocycles. The van der Waals surface area contributed by atoms with Crippen molar-refractivity contribution in [3.8, 4) is 0 Å². The van der Waals surface area contributed by atoms with Gasteiger partial charge >= 0.3 is 0 Å². The molecule has 1 heterocycles. The minimum Gasteiger partial charge on any atom is -0.393 e. The largest absolute Gasteiger partial charge is 0.393 e. The van der Waals surface area contributed by atoms with Gasteiger partial charge in [-0.05, 0) is 13.0 Å². The molecule has 1 aromatic carbocycles. The number of likely N-dealkylation sites (N-methyl/N-ethyl adjacent to an activating group) is 1. The number of anilines is 1. The molecule has 0 saturated heterocycles. The Hall–Kier alpha value is -1.39. The highest BCUT2D eigenvalue weighted by atomic mass is 16.3. The first-order valence-corrected chi connectivity index (χ1v) is 5.25. The molecular formula is C12H15NO3. The van der Waals surface area contributed by atoms with Gasteiger partial charge in [0, 0.05) is 19.0 Å². The summed E-state index contributed by atoms with van der Waals surface area (Å²) < 4.78 is 0. The second kappa shape index (κ2) is 3.57. The molecule has 4 heteroatoms. The van der Waals surface area contributed by atoms with Crippen LogP contribution >= 0.6 is 0 Å². The first-order chi connectivity index (χ1) is 7.47. The van der Waals surface area contributed by atoms with E-state index < -0.39 is 11.7 Å². The summed E-state index contributed by atoms with van der Waals surface area (Å²) in [6.45, 7) is 1.56. The summed E-state index contributed by atoms with van der Waals surface area (Å²) in [5.41, 5.74) is -0.307. The average molecular weight is 221 g/mol. The molecule has 1 aliphatic rings. The van der Waals surface area contributed by atoms with E-state index in [2.05, 4.69) is 0 Å². The number of nitrogens with zero attached hydrogens (tertiary/aromatic N) is 1. The Bertz CT molecular complexity index is 430. The van der Waals surface area contributed by atoms with Crippen molar-refractivity contribution in [3.05, 3.63) is 29.8 Å². The maximum atomic E-state index is 12.0. The van der Waals surface area contributed by atoms with Crippen LogP contribution in [0.25, 0.3) is 0 Å². The number of carbonyl (C=O) groups excluding carboxylic acids is 1. The molecule has 4 nitrogen and oxygen atoms in total. The van der Waals surface area contributed by atoms with Crippen LogP contribution in [0.4, 0.5) is 5.69 Å². The van der Waals surface area contributed by atoms with Crippen molar-refractivity contribution < 1.29 is 15.0 Å². The van der Waals surface area contributed by atoms with Crippen LogP contribution in [-0.4, -0.2) is 29.3 Å². The van der Waals surface area contributed by atoms with Crippen LogP contribution in [-0.2, 0) is 10.4 Å². The van der Waals surface area contributed by atoms with Gasteiger partial charge in [0.15, 0.2) is 5.60 Å². The van der Waals surface area contributed by atoms with E-state index in [4.69, 9.17) is 0 Å². The quantitative estimate of drug-likeness (QED) is 0.769. The van der Waals surface area contributed by atoms with Crippen LogP contribution in [0.3, 0.4) is 0 Å². The summed E-state index contributed by atoms with van der Waals surface area (Å²) in [5.74, 6) is -0.380. The van der Waals surface area contributed by atoms with Gasteiger partial charge in [-0.1, -0.05) is 18.2 Å². The Kier molecular flexibility index (Phi) is 2.48. The summed E-state index contributed by atoms with van der Waals surface area (Å²) >= 11 is 0. The standard InChI is InChI=1S/C12H15NO3/c1-8(14)7-12(16)9-5-3-4-6-10(9)13(2)11(12)15/h3-6,8,14,16H,7H2,1-2H3. The van der Waals surface area contributed by atoms with E-state index >= 15 is 0 Å². The van der Waals surface area contributed by atoms with Crippen molar-refractivity contribution in [2.24, 2.45) is 0 Å². The molecule has 0 aliphatic carbocycles. The molecule has 0 bridgehead atoms. The molecule has 2 rings (SSSR count). The minimum atomic E-state index is -1.58. The predicted molar refractivity (Wildman–Crippen MR) is 60.0 cm³/mol. The summed E-state index contributed by atoms with van der Waals surface area (Å²) in [5, 5.41) is 19.8. The number of aliphatic hydroxyl groups excluding tert-OH is 1. The third kappa shape index (κ3) is 1.42. The molecule has 2 atom stereocenters. The molecule has 2 unspecified atom stereocenters. The fourth-order valence-electron chi connectivity index (χ4n) is 2.24. The second-order valence-electron chi connectivity index (χ2n) is 4.29. The lowest BCUT2D eigenvalue weighted by Crippen LogP contribution is -2.40. The Balaban J connectivity index is 2.52. The van der Waals surface area contributed by atoms with Gasteiger partial charge in [0.05, 0.1) is 11.8 Å². The van der Waals surface area contributed by atoms with Crippen LogP contribution in [0.5, 0.6) is 0 Å². The van der Waals surface area contributed by atoms with Crippen molar-refractivity contribution in [2.75, 3.05) is 11.9 Å². The second-order valence-corrected chi connectivity index (χ2v) is 4.29. The van der Waals surface area contributed by atoms with E-state index in [1.54, 1.807) is 32.2 Å². The van der Waals surface area contributed by atoms with Crippen LogP contribution in [0.2, 0.25) is 0 Å². The highest BCUT2D eigenvalue weighted by Crippen LogP contribution is 2.41. The molecule has 0 radical (unpaired) electrons. The van der Waals surface area contributed by atoms with Crippen molar-refractivity contribution in [1.82, 2.24) is 0 Å².